The van der Waals surface area contributed by atoms with E-state index < -0.39 is 12.0 Å². The number of fused-ring (bicyclic) bond motifs is 1. The van der Waals surface area contributed by atoms with E-state index in [0.29, 0.717) is 16.9 Å². The maximum atomic E-state index is 12.0. The van der Waals surface area contributed by atoms with Crippen molar-refractivity contribution in [1.82, 2.24) is 4.90 Å². The zero-order valence-electron chi connectivity index (χ0n) is 10.6. The summed E-state index contributed by atoms with van der Waals surface area (Å²) < 4.78 is 0. The van der Waals surface area contributed by atoms with E-state index in [-0.39, 0.29) is 24.1 Å². The van der Waals surface area contributed by atoms with Crippen molar-refractivity contribution in [2.24, 2.45) is 5.73 Å². The SMILES string of the molecule is N[C@@H](CSCCN1C(=O)c2ccccc2C1=O)C(=O)O. The molecule has 6 nitrogen and oxygen atoms in total. The van der Waals surface area contributed by atoms with E-state index in [1.54, 1.807) is 24.3 Å². The Kier molecular flexibility index (Phi) is 4.41. The van der Waals surface area contributed by atoms with Gasteiger partial charge in [-0.1, -0.05) is 12.1 Å². The number of imide groups is 1. The number of carboxylic acid groups (broad SMARTS) is 1. The number of carbonyl (C=O) groups is 3. The quantitative estimate of drug-likeness (QED) is 0.583. The van der Waals surface area contributed by atoms with Gasteiger partial charge in [-0.15, -0.1) is 0 Å². The summed E-state index contributed by atoms with van der Waals surface area (Å²) in [5, 5.41) is 8.64. The Morgan fingerprint density at radius 2 is 1.80 bits per heavy atom. The minimum atomic E-state index is -1.06. The molecule has 2 rings (SSSR count). The maximum absolute atomic E-state index is 12.0. The monoisotopic (exact) mass is 294 g/mol. The van der Waals surface area contributed by atoms with E-state index in [1.807, 2.05) is 0 Å². The summed E-state index contributed by atoms with van der Waals surface area (Å²) in [5.74, 6) is -0.939. The summed E-state index contributed by atoms with van der Waals surface area (Å²) >= 11 is 1.31. The number of hydrogen-bond acceptors (Lipinski definition) is 5. The standard InChI is InChI=1S/C13H14N2O4S/c14-10(13(18)19)7-20-6-5-15-11(16)8-3-1-2-4-9(8)12(15)17/h1-4,10H,5-7,14H2,(H,18,19)/t10-/m0/s1. The lowest BCUT2D eigenvalue weighted by Crippen LogP contribution is -2.34. The second-order valence-corrected chi connectivity index (χ2v) is 5.48. The number of amides is 2. The van der Waals surface area contributed by atoms with Crippen LogP contribution in [0.5, 0.6) is 0 Å². The Morgan fingerprint density at radius 1 is 1.25 bits per heavy atom. The lowest BCUT2D eigenvalue weighted by atomic mass is 10.1. The van der Waals surface area contributed by atoms with Gasteiger partial charge in [-0.05, 0) is 12.1 Å². The molecule has 1 aliphatic rings. The number of aliphatic carboxylic acids is 1. The molecule has 0 radical (unpaired) electrons. The second kappa shape index (κ2) is 6.06. The van der Waals surface area contributed by atoms with Gasteiger partial charge in [0.15, 0.2) is 0 Å². The highest BCUT2D eigenvalue weighted by Crippen LogP contribution is 2.22. The van der Waals surface area contributed by atoms with Gasteiger partial charge in [0.2, 0.25) is 0 Å². The van der Waals surface area contributed by atoms with E-state index in [2.05, 4.69) is 0 Å². The number of carboxylic acids is 1. The van der Waals surface area contributed by atoms with Crippen molar-refractivity contribution in [2.45, 2.75) is 6.04 Å². The first-order valence-electron chi connectivity index (χ1n) is 6.03. The molecule has 1 aromatic rings. The molecule has 0 saturated heterocycles. The Balaban J connectivity index is 1.88. The van der Waals surface area contributed by atoms with Gasteiger partial charge in [0.25, 0.3) is 11.8 Å². The molecule has 1 aromatic carbocycles. The molecule has 2 amide bonds. The van der Waals surface area contributed by atoms with Crippen LogP contribution < -0.4 is 5.73 Å². The van der Waals surface area contributed by atoms with E-state index in [1.165, 1.54) is 16.7 Å². The molecule has 0 aromatic heterocycles. The minimum absolute atomic E-state index is 0.249. The third-order valence-corrected chi connectivity index (χ3v) is 4.02. The molecule has 3 N–H and O–H groups in total. The second-order valence-electron chi connectivity index (χ2n) is 4.33. The minimum Gasteiger partial charge on any atom is -0.480 e. The molecule has 0 saturated carbocycles. The van der Waals surface area contributed by atoms with Gasteiger partial charge in [0, 0.05) is 18.1 Å². The fourth-order valence-corrected chi connectivity index (χ4v) is 2.75. The molecule has 0 fully saturated rings. The highest BCUT2D eigenvalue weighted by atomic mass is 32.2. The topological polar surface area (TPSA) is 101 Å². The number of benzene rings is 1. The Hall–Kier alpha value is -1.86. The molecule has 1 atom stereocenters. The highest BCUT2D eigenvalue weighted by Gasteiger charge is 2.34. The van der Waals surface area contributed by atoms with Gasteiger partial charge in [0.05, 0.1) is 11.1 Å². The van der Waals surface area contributed by atoms with Crippen LogP contribution in [0.4, 0.5) is 0 Å². The number of hydrogen-bond donors (Lipinski definition) is 2. The number of carbonyl (C=O) groups excluding carboxylic acids is 2. The first-order chi connectivity index (χ1) is 9.52. The van der Waals surface area contributed by atoms with Crippen LogP contribution in [0.1, 0.15) is 20.7 Å². The molecule has 0 bridgehead atoms. The van der Waals surface area contributed by atoms with Gasteiger partial charge >= 0.3 is 5.97 Å². The van der Waals surface area contributed by atoms with Gasteiger partial charge < -0.3 is 10.8 Å². The summed E-state index contributed by atoms with van der Waals surface area (Å²) in [7, 11) is 0. The number of nitrogens with two attached hydrogens (primary N) is 1. The first-order valence-corrected chi connectivity index (χ1v) is 7.19. The number of nitrogens with zero attached hydrogens (tertiary/aromatic N) is 1. The van der Waals surface area contributed by atoms with E-state index in [9.17, 15) is 14.4 Å². The van der Waals surface area contributed by atoms with Gasteiger partial charge in [-0.2, -0.15) is 11.8 Å². The Morgan fingerprint density at radius 3 is 2.30 bits per heavy atom. The van der Waals surface area contributed by atoms with E-state index in [4.69, 9.17) is 10.8 Å². The van der Waals surface area contributed by atoms with E-state index in [0.717, 1.165) is 0 Å². The van der Waals surface area contributed by atoms with Gasteiger partial charge in [0.1, 0.15) is 6.04 Å². The lowest BCUT2D eigenvalue weighted by Gasteiger charge is -2.13. The van der Waals surface area contributed by atoms with Crippen molar-refractivity contribution >= 4 is 29.5 Å². The van der Waals surface area contributed by atoms with Crippen molar-refractivity contribution in [1.29, 1.82) is 0 Å². The van der Waals surface area contributed by atoms with Crippen LogP contribution >= 0.6 is 11.8 Å². The average molecular weight is 294 g/mol. The molecule has 1 heterocycles. The van der Waals surface area contributed by atoms with Crippen LogP contribution in [0.25, 0.3) is 0 Å². The third kappa shape index (κ3) is 2.83. The zero-order valence-corrected chi connectivity index (χ0v) is 11.4. The molecule has 0 unspecified atom stereocenters. The van der Waals surface area contributed by atoms with Crippen LogP contribution in [0, 0.1) is 0 Å². The van der Waals surface area contributed by atoms with Crippen LogP contribution in [0.15, 0.2) is 24.3 Å². The number of rotatable bonds is 6. The fourth-order valence-electron chi connectivity index (χ4n) is 1.88. The van der Waals surface area contributed by atoms with Crippen molar-refractivity contribution in [2.75, 3.05) is 18.1 Å². The van der Waals surface area contributed by atoms with Gasteiger partial charge in [-0.25, -0.2) is 0 Å². The Labute approximate surface area is 119 Å². The molecule has 0 spiro atoms. The van der Waals surface area contributed by atoms with Crippen molar-refractivity contribution in [3.05, 3.63) is 35.4 Å². The summed E-state index contributed by atoms with van der Waals surface area (Å²) in [5.41, 5.74) is 6.21. The normalized spacial score (nSPS) is 15.3. The summed E-state index contributed by atoms with van der Waals surface area (Å²) in [6.07, 6.45) is 0. The first kappa shape index (κ1) is 14.5. The summed E-state index contributed by atoms with van der Waals surface area (Å²) in [6.45, 7) is 0.253. The van der Waals surface area contributed by atoms with Crippen molar-refractivity contribution in [3.63, 3.8) is 0 Å². The van der Waals surface area contributed by atoms with Crippen LogP contribution in [-0.4, -0.2) is 51.9 Å². The molecule has 1 aliphatic heterocycles. The third-order valence-electron chi connectivity index (χ3n) is 2.95. The lowest BCUT2D eigenvalue weighted by molar-refractivity contribution is -0.137. The number of thioether (sulfide) groups is 1. The molecule has 0 aliphatic carbocycles. The molecule has 7 heteroatoms. The zero-order chi connectivity index (χ0) is 14.7. The average Bonchev–Trinajstić information content (AvgIpc) is 2.68. The van der Waals surface area contributed by atoms with E-state index >= 15 is 0 Å². The van der Waals surface area contributed by atoms with Crippen molar-refractivity contribution < 1.29 is 19.5 Å². The molecule has 106 valence electrons. The summed E-state index contributed by atoms with van der Waals surface area (Å²) in [4.78, 5) is 35.8. The fraction of sp³-hybridized carbons (Fsp3) is 0.308. The maximum Gasteiger partial charge on any atom is 0.321 e. The summed E-state index contributed by atoms with van der Waals surface area (Å²) in [6, 6.07) is 5.76. The predicted octanol–water partition coefficient (Wildman–Crippen LogP) is 0.428. The highest BCUT2D eigenvalue weighted by molar-refractivity contribution is 7.99. The predicted molar refractivity (Wildman–Crippen MR) is 74.7 cm³/mol. The molecular formula is C13H14N2O4S. The van der Waals surface area contributed by atoms with Gasteiger partial charge in [-0.3, -0.25) is 19.3 Å². The Bertz CT molecular complexity index is 526. The smallest absolute Gasteiger partial charge is 0.321 e. The van der Waals surface area contributed by atoms with Crippen LogP contribution in [-0.2, 0) is 4.79 Å². The van der Waals surface area contributed by atoms with Crippen molar-refractivity contribution in [3.8, 4) is 0 Å². The molecular weight excluding hydrogens is 280 g/mol. The van der Waals surface area contributed by atoms with Crippen LogP contribution in [0.2, 0.25) is 0 Å². The molecule has 20 heavy (non-hydrogen) atoms. The van der Waals surface area contributed by atoms with Crippen LogP contribution in [0.3, 0.4) is 0 Å². The largest absolute Gasteiger partial charge is 0.480 e.